The molecule has 4 nitrogen and oxygen atoms in total. The van der Waals surface area contributed by atoms with Crippen LogP contribution in [0.1, 0.15) is 37.1 Å². The number of aromatic nitrogens is 1. The average molecular weight is 298 g/mol. The molecule has 0 saturated heterocycles. The minimum Gasteiger partial charge on any atom is -0.503 e. The molecule has 0 radical (unpaired) electrons. The summed E-state index contributed by atoms with van der Waals surface area (Å²) in [6.45, 7) is 4.62. The molecule has 0 atom stereocenters. The second-order valence-electron chi connectivity index (χ2n) is 5.94. The van der Waals surface area contributed by atoms with Crippen LogP contribution in [0.5, 0.6) is 5.75 Å². The molecular weight excluding hydrogens is 276 g/mol. The highest BCUT2D eigenvalue weighted by Crippen LogP contribution is 2.36. The molecule has 1 saturated carbocycles. The number of aromatic hydroxyl groups is 1. The molecule has 1 aliphatic carbocycles. The molecule has 1 aliphatic rings. The lowest BCUT2D eigenvalue weighted by Crippen LogP contribution is -2.25. The number of pyridine rings is 1. The lowest BCUT2D eigenvalue weighted by atomic mass is 10.2. The van der Waals surface area contributed by atoms with E-state index in [-0.39, 0.29) is 11.2 Å². The van der Waals surface area contributed by atoms with E-state index in [2.05, 4.69) is 28.5 Å². The van der Waals surface area contributed by atoms with Crippen molar-refractivity contribution in [2.24, 2.45) is 0 Å². The van der Waals surface area contributed by atoms with Gasteiger partial charge in [-0.25, -0.2) is 0 Å². The van der Waals surface area contributed by atoms with Crippen molar-refractivity contribution >= 4 is 0 Å². The molecule has 1 N–H and O–H groups in total. The molecule has 1 aromatic heterocycles. The van der Waals surface area contributed by atoms with Gasteiger partial charge < -0.3 is 9.67 Å². The molecule has 2 aromatic rings. The fraction of sp³-hybridized carbons (Fsp3) is 0.389. The van der Waals surface area contributed by atoms with Crippen molar-refractivity contribution in [2.75, 3.05) is 6.54 Å². The van der Waals surface area contributed by atoms with Crippen LogP contribution in [0.25, 0.3) is 0 Å². The fourth-order valence-corrected chi connectivity index (χ4v) is 2.75. The first-order chi connectivity index (χ1) is 10.7. The molecule has 3 rings (SSSR count). The van der Waals surface area contributed by atoms with Crippen LogP contribution in [0.2, 0.25) is 0 Å². The van der Waals surface area contributed by atoms with Crippen molar-refractivity contribution in [3.8, 4) is 5.75 Å². The summed E-state index contributed by atoms with van der Waals surface area (Å²) in [5, 5.41) is 9.68. The number of hydrogen-bond acceptors (Lipinski definition) is 3. The Balaban J connectivity index is 1.81. The van der Waals surface area contributed by atoms with Gasteiger partial charge >= 0.3 is 0 Å². The molecule has 1 heterocycles. The second kappa shape index (κ2) is 6.36. The van der Waals surface area contributed by atoms with Gasteiger partial charge in [-0.1, -0.05) is 37.3 Å². The number of nitrogens with zero attached hydrogens (tertiary/aromatic N) is 2. The van der Waals surface area contributed by atoms with Gasteiger partial charge in [-0.05, 0) is 24.9 Å². The van der Waals surface area contributed by atoms with Gasteiger partial charge in [-0.15, -0.1) is 0 Å². The van der Waals surface area contributed by atoms with Crippen molar-refractivity contribution < 1.29 is 5.11 Å². The maximum absolute atomic E-state index is 11.8. The Labute approximate surface area is 130 Å². The summed E-state index contributed by atoms with van der Waals surface area (Å²) in [5.41, 5.74) is 1.97. The zero-order chi connectivity index (χ0) is 15.5. The molecule has 4 heteroatoms. The molecule has 1 fully saturated rings. The van der Waals surface area contributed by atoms with E-state index in [1.54, 1.807) is 12.3 Å². The summed E-state index contributed by atoms with van der Waals surface area (Å²) in [7, 11) is 0. The summed E-state index contributed by atoms with van der Waals surface area (Å²) in [6, 6.07) is 12.4. The van der Waals surface area contributed by atoms with Gasteiger partial charge in [0.2, 0.25) is 5.43 Å². The molecule has 22 heavy (non-hydrogen) atoms. The van der Waals surface area contributed by atoms with Gasteiger partial charge in [-0.2, -0.15) is 0 Å². The third-order valence-electron chi connectivity index (χ3n) is 4.17. The number of benzene rings is 1. The van der Waals surface area contributed by atoms with Crippen molar-refractivity contribution in [3.05, 3.63) is 64.1 Å². The Bertz CT molecular complexity index is 690. The SMILES string of the molecule is CCN(Cc1ccccc1)Cc1cc(=O)c(O)cn1C1CC1. The van der Waals surface area contributed by atoms with E-state index in [1.807, 2.05) is 18.2 Å². The molecule has 116 valence electrons. The lowest BCUT2D eigenvalue weighted by molar-refractivity contribution is 0.262. The minimum absolute atomic E-state index is 0.151. The fourth-order valence-electron chi connectivity index (χ4n) is 2.75. The predicted octanol–water partition coefficient (Wildman–Crippen LogP) is 2.91. The Morgan fingerprint density at radius 2 is 1.95 bits per heavy atom. The summed E-state index contributed by atoms with van der Waals surface area (Å²) < 4.78 is 2.07. The van der Waals surface area contributed by atoms with Crippen LogP contribution in [0, 0.1) is 0 Å². The van der Waals surface area contributed by atoms with Crippen molar-refractivity contribution in [1.82, 2.24) is 9.47 Å². The first kappa shape index (κ1) is 14.9. The molecule has 0 spiro atoms. The van der Waals surface area contributed by atoms with Crippen LogP contribution in [-0.4, -0.2) is 21.1 Å². The first-order valence-corrected chi connectivity index (χ1v) is 7.87. The number of rotatable bonds is 6. The molecule has 0 amide bonds. The van der Waals surface area contributed by atoms with Gasteiger partial charge in [0.1, 0.15) is 0 Å². The normalized spacial score (nSPS) is 14.5. The van der Waals surface area contributed by atoms with Gasteiger partial charge in [0, 0.05) is 30.9 Å². The van der Waals surface area contributed by atoms with Gasteiger partial charge in [0.25, 0.3) is 0 Å². The molecule has 0 aliphatic heterocycles. The molecule has 1 aromatic carbocycles. The van der Waals surface area contributed by atoms with Crippen LogP contribution in [0.4, 0.5) is 0 Å². The number of hydrogen-bond donors (Lipinski definition) is 1. The highest BCUT2D eigenvalue weighted by Gasteiger charge is 2.26. The summed E-state index contributed by atoms with van der Waals surface area (Å²) in [5.74, 6) is -0.151. The smallest absolute Gasteiger partial charge is 0.223 e. The van der Waals surface area contributed by atoms with Crippen LogP contribution >= 0.6 is 0 Å². The second-order valence-corrected chi connectivity index (χ2v) is 5.94. The third kappa shape index (κ3) is 3.39. The third-order valence-corrected chi connectivity index (χ3v) is 4.17. The van der Waals surface area contributed by atoms with Crippen LogP contribution in [0.15, 0.2) is 47.4 Å². The van der Waals surface area contributed by atoms with Crippen molar-refractivity contribution in [3.63, 3.8) is 0 Å². The van der Waals surface area contributed by atoms with Crippen molar-refractivity contribution in [1.29, 1.82) is 0 Å². The highest BCUT2D eigenvalue weighted by molar-refractivity contribution is 5.22. The van der Waals surface area contributed by atoms with Gasteiger partial charge in [0.15, 0.2) is 5.75 Å². The predicted molar refractivity (Wildman–Crippen MR) is 86.9 cm³/mol. The quantitative estimate of drug-likeness (QED) is 0.892. The monoisotopic (exact) mass is 298 g/mol. The zero-order valence-corrected chi connectivity index (χ0v) is 12.9. The van der Waals surface area contributed by atoms with E-state index in [4.69, 9.17) is 0 Å². The lowest BCUT2D eigenvalue weighted by Gasteiger charge is -2.23. The minimum atomic E-state index is -0.289. The Morgan fingerprint density at radius 1 is 1.23 bits per heavy atom. The van der Waals surface area contributed by atoms with Crippen molar-refractivity contribution in [2.45, 2.75) is 38.9 Å². The topological polar surface area (TPSA) is 45.5 Å². The first-order valence-electron chi connectivity index (χ1n) is 7.87. The maximum Gasteiger partial charge on any atom is 0.223 e. The maximum atomic E-state index is 11.8. The van der Waals surface area contributed by atoms with E-state index in [0.717, 1.165) is 38.2 Å². The van der Waals surface area contributed by atoms with Gasteiger partial charge in [0.05, 0.1) is 6.20 Å². The van der Waals surface area contributed by atoms with E-state index in [9.17, 15) is 9.90 Å². The van der Waals surface area contributed by atoms with Crippen LogP contribution in [-0.2, 0) is 13.1 Å². The summed E-state index contributed by atoms with van der Waals surface area (Å²) in [6.07, 6.45) is 3.85. The highest BCUT2D eigenvalue weighted by atomic mass is 16.3. The van der Waals surface area contributed by atoms with E-state index in [1.165, 1.54) is 5.56 Å². The average Bonchev–Trinajstić information content (AvgIpc) is 3.35. The summed E-state index contributed by atoms with van der Waals surface area (Å²) >= 11 is 0. The zero-order valence-electron chi connectivity index (χ0n) is 12.9. The van der Waals surface area contributed by atoms with Gasteiger partial charge in [-0.3, -0.25) is 9.69 Å². The largest absolute Gasteiger partial charge is 0.503 e. The van der Waals surface area contributed by atoms with Crippen LogP contribution < -0.4 is 5.43 Å². The summed E-state index contributed by atoms with van der Waals surface area (Å²) in [4.78, 5) is 14.1. The Hall–Kier alpha value is -2.07. The van der Waals surface area contributed by atoms with Crippen LogP contribution in [0.3, 0.4) is 0 Å². The van der Waals surface area contributed by atoms with E-state index in [0.29, 0.717) is 6.04 Å². The molecule has 0 bridgehead atoms. The van der Waals surface area contributed by atoms with E-state index < -0.39 is 0 Å². The van der Waals surface area contributed by atoms with E-state index >= 15 is 0 Å². The Morgan fingerprint density at radius 3 is 2.59 bits per heavy atom. The standard InChI is InChI=1S/C18H22N2O2/c1-2-19(11-14-6-4-3-5-7-14)12-16-10-17(21)18(22)13-20(16)15-8-9-15/h3-7,10,13,15,22H,2,8-9,11-12H2,1H3. The Kier molecular flexibility index (Phi) is 4.29. The molecule has 0 unspecified atom stereocenters. The molecular formula is C18H22N2O2.